The van der Waals surface area contributed by atoms with E-state index in [2.05, 4.69) is 58.5 Å². The fraction of sp³-hybridized carbons (Fsp3) is 0.281. The van der Waals surface area contributed by atoms with Crippen LogP contribution in [0, 0.1) is 19.8 Å². The van der Waals surface area contributed by atoms with E-state index in [1.54, 1.807) is 5.38 Å². The second kappa shape index (κ2) is 10.7. The maximum Gasteiger partial charge on any atom is 0.275 e. The van der Waals surface area contributed by atoms with Crippen LogP contribution in [0.5, 0.6) is 5.75 Å². The van der Waals surface area contributed by atoms with Crippen LogP contribution in [-0.2, 0) is 17.8 Å². The second-order valence-electron chi connectivity index (χ2n) is 10.5. The number of rotatable bonds is 7. The first kappa shape index (κ1) is 25.3. The smallest absolute Gasteiger partial charge is 0.275 e. The second-order valence-corrected chi connectivity index (χ2v) is 11.4. The highest BCUT2D eigenvalue weighted by Gasteiger charge is 2.39. The van der Waals surface area contributed by atoms with Crippen molar-refractivity contribution < 1.29 is 14.3 Å². The first-order valence-corrected chi connectivity index (χ1v) is 14.3. The van der Waals surface area contributed by atoms with Crippen LogP contribution in [0.1, 0.15) is 62.2 Å². The van der Waals surface area contributed by atoms with E-state index < -0.39 is 0 Å². The summed E-state index contributed by atoms with van der Waals surface area (Å²) in [4.78, 5) is 32.4. The molecule has 39 heavy (non-hydrogen) atoms. The van der Waals surface area contributed by atoms with Gasteiger partial charge in [0.15, 0.2) is 0 Å². The van der Waals surface area contributed by atoms with Gasteiger partial charge in [0.25, 0.3) is 5.91 Å². The Balaban J connectivity index is 1.19. The van der Waals surface area contributed by atoms with E-state index in [4.69, 9.17) is 4.74 Å². The molecule has 1 aliphatic heterocycles. The minimum atomic E-state index is -0.239. The number of fused-ring (bicyclic) bond motifs is 1. The molecule has 198 valence electrons. The van der Waals surface area contributed by atoms with Crippen molar-refractivity contribution in [1.29, 1.82) is 0 Å². The molecule has 1 saturated carbocycles. The van der Waals surface area contributed by atoms with Crippen molar-refractivity contribution in [2.45, 2.75) is 45.8 Å². The molecule has 2 heterocycles. The number of nitrogens with one attached hydrogen (secondary N) is 1. The summed E-state index contributed by atoms with van der Waals surface area (Å²) in [6.07, 6.45) is 2.82. The van der Waals surface area contributed by atoms with Crippen molar-refractivity contribution in [2.75, 3.05) is 11.9 Å². The van der Waals surface area contributed by atoms with Crippen molar-refractivity contribution in [3.63, 3.8) is 0 Å². The number of hydrogen-bond acceptors (Lipinski definition) is 5. The number of hydrogen-bond donors (Lipinski definition) is 1. The van der Waals surface area contributed by atoms with Crippen LogP contribution in [0.4, 0.5) is 5.69 Å². The van der Waals surface area contributed by atoms with Gasteiger partial charge >= 0.3 is 0 Å². The van der Waals surface area contributed by atoms with Gasteiger partial charge in [-0.1, -0.05) is 53.6 Å². The molecule has 0 saturated heterocycles. The van der Waals surface area contributed by atoms with Crippen LogP contribution >= 0.6 is 11.3 Å². The number of carbonyl (C=O) groups excluding carboxylic acids is 2. The maximum absolute atomic E-state index is 13.3. The standard InChI is InChI=1S/C32H31N3O3S/c1-20-3-7-23(8-4-20)30-27-17-26(14-11-22(27)15-16-35(30)32(37)24-9-10-24)38-18-29-34-28(19-39-29)31(36)33-25-12-5-21(2)6-13-25/h3-8,11-14,17,19,24,30H,9-10,15-16,18H2,1-2H3,(H,33,36)/t30-/m0/s1. The van der Waals surface area contributed by atoms with Crippen LogP contribution in [-0.4, -0.2) is 28.2 Å². The molecule has 1 aromatic heterocycles. The summed E-state index contributed by atoms with van der Waals surface area (Å²) in [5.41, 5.74) is 6.93. The van der Waals surface area contributed by atoms with Gasteiger partial charge in [0.05, 0.1) is 6.04 Å². The zero-order valence-corrected chi connectivity index (χ0v) is 23.0. The topological polar surface area (TPSA) is 71.5 Å². The highest BCUT2D eigenvalue weighted by atomic mass is 32.1. The van der Waals surface area contributed by atoms with Gasteiger partial charge < -0.3 is 15.0 Å². The number of anilines is 1. The zero-order valence-electron chi connectivity index (χ0n) is 22.1. The van der Waals surface area contributed by atoms with Gasteiger partial charge in [0, 0.05) is 23.5 Å². The largest absolute Gasteiger partial charge is 0.486 e. The Kier molecular flexibility index (Phi) is 6.92. The quantitative estimate of drug-likeness (QED) is 0.293. The molecule has 1 aliphatic carbocycles. The van der Waals surface area contributed by atoms with Gasteiger partial charge in [0.1, 0.15) is 23.1 Å². The fourth-order valence-corrected chi connectivity index (χ4v) is 5.74. The lowest BCUT2D eigenvalue weighted by molar-refractivity contribution is -0.134. The summed E-state index contributed by atoms with van der Waals surface area (Å²) in [7, 11) is 0. The van der Waals surface area contributed by atoms with Crippen LogP contribution in [0.2, 0.25) is 0 Å². The van der Waals surface area contributed by atoms with Crippen LogP contribution < -0.4 is 10.1 Å². The third kappa shape index (κ3) is 5.59. The van der Waals surface area contributed by atoms with Gasteiger partial charge in [-0.05, 0) is 74.1 Å². The summed E-state index contributed by atoms with van der Waals surface area (Å²) >= 11 is 1.40. The number of nitrogens with zero attached hydrogens (tertiary/aromatic N) is 2. The Morgan fingerprint density at radius 3 is 2.44 bits per heavy atom. The molecule has 0 radical (unpaired) electrons. The molecule has 1 fully saturated rings. The number of amides is 2. The molecule has 6 rings (SSSR count). The number of aromatic nitrogens is 1. The van der Waals surface area contributed by atoms with Gasteiger partial charge in [-0.2, -0.15) is 0 Å². The Labute approximate surface area is 232 Å². The van der Waals surface area contributed by atoms with Crippen LogP contribution in [0.25, 0.3) is 0 Å². The summed E-state index contributed by atoms with van der Waals surface area (Å²) in [5, 5.41) is 5.37. The highest BCUT2D eigenvalue weighted by molar-refractivity contribution is 7.09. The van der Waals surface area contributed by atoms with E-state index in [1.165, 1.54) is 22.5 Å². The predicted octanol–water partition coefficient (Wildman–Crippen LogP) is 6.48. The number of aryl methyl sites for hydroxylation is 2. The van der Waals surface area contributed by atoms with Crippen molar-refractivity contribution in [3.05, 3.63) is 111 Å². The molecule has 3 aromatic carbocycles. The molecule has 0 spiro atoms. The van der Waals surface area contributed by atoms with Gasteiger partial charge in [-0.3, -0.25) is 9.59 Å². The maximum atomic E-state index is 13.3. The Morgan fingerprint density at radius 2 is 1.72 bits per heavy atom. The highest BCUT2D eigenvalue weighted by Crippen LogP contribution is 2.41. The number of ether oxygens (including phenoxy) is 1. The predicted molar refractivity (Wildman–Crippen MR) is 153 cm³/mol. The first-order chi connectivity index (χ1) is 18.9. The van der Waals surface area contributed by atoms with E-state index in [0.717, 1.165) is 58.9 Å². The Bertz CT molecular complexity index is 1510. The average molecular weight is 538 g/mol. The molecule has 0 unspecified atom stereocenters. The Hall–Kier alpha value is -3.97. The van der Waals surface area contributed by atoms with E-state index in [-0.39, 0.29) is 30.4 Å². The molecule has 0 bridgehead atoms. The summed E-state index contributed by atoms with van der Waals surface area (Å²) < 4.78 is 6.15. The summed E-state index contributed by atoms with van der Waals surface area (Å²) in [6.45, 7) is 5.08. The molecule has 2 amide bonds. The lowest BCUT2D eigenvalue weighted by atomic mass is 9.87. The minimum absolute atomic E-state index is 0.122. The lowest BCUT2D eigenvalue weighted by Crippen LogP contribution is -2.41. The van der Waals surface area contributed by atoms with E-state index in [9.17, 15) is 9.59 Å². The molecule has 4 aromatic rings. The molecular weight excluding hydrogens is 506 g/mol. The van der Waals surface area contributed by atoms with Crippen molar-refractivity contribution in [1.82, 2.24) is 9.88 Å². The third-order valence-corrected chi connectivity index (χ3v) is 8.23. The van der Waals surface area contributed by atoms with E-state index >= 15 is 0 Å². The third-order valence-electron chi connectivity index (χ3n) is 7.40. The average Bonchev–Trinajstić information content (AvgIpc) is 3.69. The summed E-state index contributed by atoms with van der Waals surface area (Å²) in [5.74, 6) is 0.918. The van der Waals surface area contributed by atoms with Crippen molar-refractivity contribution in [3.8, 4) is 5.75 Å². The Morgan fingerprint density at radius 1 is 1.00 bits per heavy atom. The van der Waals surface area contributed by atoms with Gasteiger partial charge in [-0.15, -0.1) is 11.3 Å². The first-order valence-electron chi connectivity index (χ1n) is 13.4. The molecule has 1 atom stereocenters. The molecule has 7 heteroatoms. The SMILES string of the molecule is Cc1ccc(NC(=O)c2csc(COc3ccc4c(c3)[C@H](c3ccc(C)cc3)N(C(=O)C3CC3)CC4)n2)cc1. The van der Waals surface area contributed by atoms with Crippen LogP contribution in [0.15, 0.2) is 72.1 Å². The van der Waals surface area contributed by atoms with Gasteiger partial charge in [-0.25, -0.2) is 4.98 Å². The van der Waals surface area contributed by atoms with Crippen molar-refractivity contribution in [2.24, 2.45) is 5.92 Å². The number of benzene rings is 3. The zero-order chi connectivity index (χ0) is 26.9. The molecule has 1 N–H and O–H groups in total. The van der Waals surface area contributed by atoms with Gasteiger partial charge in [0.2, 0.25) is 5.91 Å². The van der Waals surface area contributed by atoms with Crippen LogP contribution in [0.3, 0.4) is 0 Å². The molecule has 6 nitrogen and oxygen atoms in total. The van der Waals surface area contributed by atoms with E-state index in [0.29, 0.717) is 5.69 Å². The monoisotopic (exact) mass is 537 g/mol. The number of carbonyl (C=O) groups is 2. The number of thiazole rings is 1. The molecule has 2 aliphatic rings. The lowest BCUT2D eigenvalue weighted by Gasteiger charge is -2.38. The fourth-order valence-electron chi connectivity index (χ4n) is 5.05. The van der Waals surface area contributed by atoms with E-state index in [1.807, 2.05) is 37.3 Å². The van der Waals surface area contributed by atoms with Crippen molar-refractivity contribution >= 4 is 28.8 Å². The molecular formula is C32H31N3O3S. The normalized spacial score (nSPS) is 16.5. The summed E-state index contributed by atoms with van der Waals surface area (Å²) in [6, 6.07) is 22.2. The minimum Gasteiger partial charge on any atom is -0.486 e.